The van der Waals surface area contributed by atoms with Gasteiger partial charge < -0.3 is 4.74 Å². The zero-order chi connectivity index (χ0) is 14.4. The Hall–Kier alpha value is -1.19. The third kappa shape index (κ3) is 4.43. The van der Waals surface area contributed by atoms with E-state index in [9.17, 15) is 8.78 Å². The molecule has 4 heteroatoms. The molecule has 0 radical (unpaired) electrons. The van der Waals surface area contributed by atoms with Gasteiger partial charge in [-0.1, -0.05) is 32.3 Å². The van der Waals surface area contributed by atoms with E-state index in [-0.39, 0.29) is 5.88 Å². The zero-order valence-electron chi connectivity index (χ0n) is 12.0. The van der Waals surface area contributed by atoms with Crippen LogP contribution in [0.3, 0.4) is 0 Å². The average Bonchev–Trinajstić information content (AvgIpc) is 2.46. The molecule has 0 unspecified atom stereocenters. The number of alkyl halides is 2. The number of unbranched alkanes of at least 4 members (excludes halogenated alkanes) is 1. The minimum absolute atomic E-state index is 0.000353. The predicted octanol–water partition coefficient (Wildman–Crippen LogP) is 5.15. The van der Waals surface area contributed by atoms with Crippen molar-refractivity contribution in [3.05, 3.63) is 23.9 Å². The molecule has 1 aromatic heterocycles. The Labute approximate surface area is 119 Å². The molecule has 0 amide bonds. The first-order chi connectivity index (χ1) is 9.69. The smallest absolute Gasteiger partial charge is 0.388 e. The van der Waals surface area contributed by atoms with Crippen LogP contribution in [0.1, 0.15) is 63.4 Å². The van der Waals surface area contributed by atoms with Crippen molar-refractivity contribution in [2.45, 2.75) is 64.4 Å². The van der Waals surface area contributed by atoms with E-state index in [1.54, 1.807) is 12.3 Å². The summed E-state index contributed by atoms with van der Waals surface area (Å²) in [5.41, 5.74) is 1.15. The molecule has 0 aromatic carbocycles. The Morgan fingerprint density at radius 3 is 2.55 bits per heavy atom. The van der Waals surface area contributed by atoms with E-state index >= 15 is 0 Å². The van der Waals surface area contributed by atoms with Crippen molar-refractivity contribution in [1.82, 2.24) is 4.98 Å². The normalized spacial score (nSPS) is 23.0. The van der Waals surface area contributed by atoms with E-state index in [0.29, 0.717) is 5.92 Å². The second-order valence-corrected chi connectivity index (χ2v) is 5.67. The van der Waals surface area contributed by atoms with E-state index in [1.807, 2.05) is 6.07 Å². The SMILES string of the molecule is CCCCC1CCC(c2ccc(OC(F)F)nc2)CC1. The average molecular weight is 283 g/mol. The number of aromatic nitrogens is 1. The van der Waals surface area contributed by atoms with Gasteiger partial charge in [-0.05, 0) is 43.1 Å². The van der Waals surface area contributed by atoms with E-state index in [4.69, 9.17) is 0 Å². The van der Waals surface area contributed by atoms with E-state index in [0.717, 1.165) is 11.5 Å². The van der Waals surface area contributed by atoms with Gasteiger partial charge in [0.15, 0.2) is 0 Å². The van der Waals surface area contributed by atoms with Gasteiger partial charge in [-0.25, -0.2) is 4.98 Å². The minimum atomic E-state index is -2.80. The first-order valence-electron chi connectivity index (χ1n) is 7.59. The Kier molecular flexibility index (Phi) is 5.74. The maximum atomic E-state index is 12.1. The molecule has 0 aliphatic heterocycles. The topological polar surface area (TPSA) is 22.1 Å². The first-order valence-corrected chi connectivity index (χ1v) is 7.59. The molecular weight excluding hydrogens is 260 g/mol. The van der Waals surface area contributed by atoms with Gasteiger partial charge in [-0.3, -0.25) is 0 Å². The van der Waals surface area contributed by atoms with Crippen LogP contribution in [0.4, 0.5) is 8.78 Å². The van der Waals surface area contributed by atoms with Crippen LogP contribution < -0.4 is 4.74 Å². The van der Waals surface area contributed by atoms with Crippen LogP contribution in [0.5, 0.6) is 5.88 Å². The van der Waals surface area contributed by atoms with Crippen molar-refractivity contribution < 1.29 is 13.5 Å². The predicted molar refractivity (Wildman–Crippen MR) is 75.1 cm³/mol. The molecule has 2 nitrogen and oxygen atoms in total. The van der Waals surface area contributed by atoms with Crippen molar-refractivity contribution in [3.8, 4) is 5.88 Å². The molecule has 1 saturated carbocycles. The summed E-state index contributed by atoms with van der Waals surface area (Å²) in [5.74, 6) is 1.40. The lowest BCUT2D eigenvalue weighted by Gasteiger charge is -2.28. The summed E-state index contributed by atoms with van der Waals surface area (Å²) < 4.78 is 28.4. The Balaban J connectivity index is 1.84. The Morgan fingerprint density at radius 1 is 1.25 bits per heavy atom. The van der Waals surface area contributed by atoms with Gasteiger partial charge in [0.05, 0.1) is 0 Å². The summed E-state index contributed by atoms with van der Waals surface area (Å²) >= 11 is 0. The molecule has 0 atom stereocenters. The number of halogens is 2. The molecule has 1 aromatic rings. The maximum Gasteiger partial charge on any atom is 0.388 e. The van der Waals surface area contributed by atoms with E-state index in [1.165, 1.54) is 44.9 Å². The third-order valence-electron chi connectivity index (χ3n) is 4.25. The molecule has 2 rings (SSSR count). The summed E-state index contributed by atoms with van der Waals surface area (Å²) in [6, 6.07) is 3.42. The number of hydrogen-bond acceptors (Lipinski definition) is 2. The lowest BCUT2D eigenvalue weighted by Crippen LogP contribution is -2.13. The van der Waals surface area contributed by atoms with Crippen molar-refractivity contribution in [2.24, 2.45) is 5.92 Å². The van der Waals surface area contributed by atoms with E-state index < -0.39 is 6.61 Å². The van der Waals surface area contributed by atoms with Gasteiger partial charge in [-0.2, -0.15) is 8.78 Å². The van der Waals surface area contributed by atoms with Crippen molar-refractivity contribution in [2.75, 3.05) is 0 Å². The minimum Gasteiger partial charge on any atom is -0.417 e. The maximum absolute atomic E-state index is 12.1. The van der Waals surface area contributed by atoms with Crippen molar-refractivity contribution in [3.63, 3.8) is 0 Å². The molecule has 0 saturated heterocycles. The fourth-order valence-electron chi connectivity index (χ4n) is 3.07. The van der Waals surface area contributed by atoms with Crippen molar-refractivity contribution in [1.29, 1.82) is 0 Å². The van der Waals surface area contributed by atoms with Crippen LogP contribution in [0, 0.1) is 5.92 Å². The van der Waals surface area contributed by atoms with Crippen LogP contribution >= 0.6 is 0 Å². The van der Waals surface area contributed by atoms with Crippen LogP contribution in [0.2, 0.25) is 0 Å². The summed E-state index contributed by atoms with van der Waals surface area (Å²) in [4.78, 5) is 3.96. The van der Waals surface area contributed by atoms with Gasteiger partial charge in [0.2, 0.25) is 5.88 Å². The van der Waals surface area contributed by atoms with Crippen LogP contribution in [-0.4, -0.2) is 11.6 Å². The molecule has 1 heterocycles. The second kappa shape index (κ2) is 7.55. The van der Waals surface area contributed by atoms with Crippen molar-refractivity contribution >= 4 is 0 Å². The molecule has 20 heavy (non-hydrogen) atoms. The van der Waals surface area contributed by atoms with Crippen LogP contribution in [-0.2, 0) is 0 Å². The van der Waals surface area contributed by atoms with Gasteiger partial charge >= 0.3 is 6.61 Å². The van der Waals surface area contributed by atoms with Gasteiger partial charge in [0.25, 0.3) is 0 Å². The monoisotopic (exact) mass is 283 g/mol. The molecule has 112 valence electrons. The summed E-state index contributed by atoms with van der Waals surface area (Å²) in [6.45, 7) is -0.567. The lowest BCUT2D eigenvalue weighted by atomic mass is 9.77. The van der Waals surface area contributed by atoms with E-state index in [2.05, 4.69) is 16.6 Å². The highest BCUT2D eigenvalue weighted by atomic mass is 19.3. The lowest BCUT2D eigenvalue weighted by molar-refractivity contribution is -0.0528. The Bertz CT molecular complexity index is 386. The highest BCUT2D eigenvalue weighted by Crippen LogP contribution is 2.37. The van der Waals surface area contributed by atoms with Crippen LogP contribution in [0.25, 0.3) is 0 Å². The Morgan fingerprint density at radius 2 is 2.00 bits per heavy atom. The molecule has 0 N–H and O–H groups in total. The highest BCUT2D eigenvalue weighted by Gasteiger charge is 2.22. The molecular formula is C16H23F2NO. The molecule has 1 aliphatic carbocycles. The molecule has 0 bridgehead atoms. The summed E-state index contributed by atoms with van der Waals surface area (Å²) in [6.07, 6.45) is 10.6. The third-order valence-corrected chi connectivity index (χ3v) is 4.25. The summed E-state index contributed by atoms with van der Waals surface area (Å²) in [5, 5.41) is 0. The number of nitrogens with zero attached hydrogens (tertiary/aromatic N) is 1. The number of pyridine rings is 1. The van der Waals surface area contributed by atoms with Gasteiger partial charge in [-0.15, -0.1) is 0 Å². The molecule has 0 spiro atoms. The van der Waals surface area contributed by atoms with Gasteiger partial charge in [0.1, 0.15) is 0 Å². The number of rotatable bonds is 6. The summed E-state index contributed by atoms with van der Waals surface area (Å²) in [7, 11) is 0. The quantitative estimate of drug-likeness (QED) is 0.720. The molecule has 1 fully saturated rings. The number of ether oxygens (including phenoxy) is 1. The first kappa shape index (κ1) is 15.2. The highest BCUT2D eigenvalue weighted by molar-refractivity contribution is 5.21. The molecule has 1 aliphatic rings. The van der Waals surface area contributed by atoms with Gasteiger partial charge in [0, 0.05) is 12.3 Å². The largest absolute Gasteiger partial charge is 0.417 e. The van der Waals surface area contributed by atoms with Crippen LogP contribution in [0.15, 0.2) is 18.3 Å². The number of hydrogen-bond donors (Lipinski definition) is 0. The standard InChI is InChI=1S/C16H23F2NO/c1-2-3-4-12-5-7-13(8-6-12)14-9-10-15(19-11-14)20-16(17)18/h9-13,16H,2-8H2,1H3. The zero-order valence-corrected chi connectivity index (χ0v) is 12.0. The second-order valence-electron chi connectivity index (χ2n) is 5.67. The fraction of sp³-hybridized carbons (Fsp3) is 0.688. The fourth-order valence-corrected chi connectivity index (χ4v) is 3.07.